The van der Waals surface area contributed by atoms with Crippen LogP contribution in [0.25, 0.3) is 32.8 Å². The fourth-order valence-electron chi connectivity index (χ4n) is 5.48. The number of H-pyrrole nitrogens is 1. The zero-order chi connectivity index (χ0) is 25.7. The molecule has 1 aliphatic rings. The van der Waals surface area contributed by atoms with Crippen LogP contribution < -0.4 is 10.9 Å². The van der Waals surface area contributed by atoms with Crippen molar-refractivity contribution in [3.05, 3.63) is 81.0 Å². The van der Waals surface area contributed by atoms with E-state index in [1.165, 1.54) is 5.56 Å². The molecule has 0 aliphatic heterocycles. The van der Waals surface area contributed by atoms with Crippen molar-refractivity contribution >= 4 is 44.7 Å². The van der Waals surface area contributed by atoms with E-state index in [0.717, 1.165) is 58.7 Å². The average molecular weight is 499 g/mol. The molecule has 3 N–H and O–H groups in total. The van der Waals surface area contributed by atoms with Crippen molar-refractivity contribution in [1.82, 2.24) is 10.3 Å². The Labute approximate surface area is 211 Å². The first kappa shape index (κ1) is 23.1. The molecule has 0 saturated carbocycles. The van der Waals surface area contributed by atoms with E-state index in [2.05, 4.69) is 10.3 Å². The SMILES string of the molecule is Cc1c(CC(=O)NC(Cc2c[nH]c3ccccc23)C(=O)O)c(=O)oc2cc3oc4c(c3cc12)CCCC4. The molecular weight excluding hydrogens is 472 g/mol. The number of carbonyl (C=O) groups is 2. The minimum Gasteiger partial charge on any atom is -0.480 e. The second-order valence-electron chi connectivity index (χ2n) is 9.75. The predicted molar refractivity (Wildman–Crippen MR) is 139 cm³/mol. The monoisotopic (exact) mass is 498 g/mol. The fourth-order valence-corrected chi connectivity index (χ4v) is 5.48. The molecule has 1 unspecified atom stereocenters. The molecule has 3 heterocycles. The number of benzene rings is 2. The number of hydrogen-bond acceptors (Lipinski definition) is 5. The van der Waals surface area contributed by atoms with Crippen molar-refractivity contribution in [3.8, 4) is 0 Å². The molecule has 0 radical (unpaired) electrons. The van der Waals surface area contributed by atoms with E-state index >= 15 is 0 Å². The summed E-state index contributed by atoms with van der Waals surface area (Å²) in [7, 11) is 0. The summed E-state index contributed by atoms with van der Waals surface area (Å²) < 4.78 is 11.6. The number of aliphatic carboxylic acids is 1. The van der Waals surface area contributed by atoms with Crippen molar-refractivity contribution in [2.45, 2.75) is 51.5 Å². The minimum absolute atomic E-state index is 0.111. The number of nitrogens with one attached hydrogen (secondary N) is 2. The third-order valence-electron chi connectivity index (χ3n) is 7.43. The first-order chi connectivity index (χ1) is 17.9. The normalized spacial score (nSPS) is 14.2. The van der Waals surface area contributed by atoms with Crippen LogP contribution in [0.2, 0.25) is 0 Å². The third-order valence-corrected chi connectivity index (χ3v) is 7.43. The summed E-state index contributed by atoms with van der Waals surface area (Å²) in [5.74, 6) is -0.706. The van der Waals surface area contributed by atoms with Gasteiger partial charge in [-0.3, -0.25) is 4.79 Å². The molecule has 8 heteroatoms. The van der Waals surface area contributed by atoms with E-state index in [4.69, 9.17) is 8.83 Å². The molecule has 37 heavy (non-hydrogen) atoms. The summed E-state index contributed by atoms with van der Waals surface area (Å²) in [6, 6.07) is 10.2. The Bertz CT molecular complexity index is 1760. The maximum absolute atomic E-state index is 12.9. The van der Waals surface area contributed by atoms with Crippen molar-refractivity contribution in [2.24, 2.45) is 0 Å². The lowest BCUT2D eigenvalue weighted by Gasteiger charge is -2.15. The number of carboxylic acid groups (broad SMARTS) is 1. The molecule has 5 aromatic rings. The number of carboxylic acids is 1. The molecule has 2 aromatic carbocycles. The topological polar surface area (TPSA) is 126 Å². The molecular formula is C29H26N2O6. The Morgan fingerprint density at radius 1 is 1.05 bits per heavy atom. The minimum atomic E-state index is -1.15. The maximum atomic E-state index is 12.9. The van der Waals surface area contributed by atoms with E-state index in [1.807, 2.05) is 30.3 Å². The van der Waals surface area contributed by atoms with Gasteiger partial charge in [0.15, 0.2) is 0 Å². The van der Waals surface area contributed by atoms with Gasteiger partial charge >= 0.3 is 11.6 Å². The molecule has 6 rings (SSSR count). The number of aromatic nitrogens is 1. The molecule has 1 aliphatic carbocycles. The number of carbonyl (C=O) groups excluding carboxylic acids is 1. The van der Waals surface area contributed by atoms with Gasteiger partial charge in [0.1, 0.15) is 23.0 Å². The summed E-state index contributed by atoms with van der Waals surface area (Å²) in [5.41, 5.74) is 4.26. The lowest BCUT2D eigenvalue weighted by atomic mass is 9.94. The zero-order valence-corrected chi connectivity index (χ0v) is 20.3. The molecule has 3 aromatic heterocycles. The van der Waals surface area contributed by atoms with Crippen LogP contribution in [-0.4, -0.2) is 28.0 Å². The number of amides is 1. The molecule has 188 valence electrons. The molecule has 0 saturated heterocycles. The smallest absolute Gasteiger partial charge is 0.340 e. The maximum Gasteiger partial charge on any atom is 0.340 e. The second kappa shape index (κ2) is 8.96. The Balaban J connectivity index is 1.28. The van der Waals surface area contributed by atoms with Crippen LogP contribution in [0.4, 0.5) is 0 Å². The van der Waals surface area contributed by atoms with Crippen LogP contribution >= 0.6 is 0 Å². The van der Waals surface area contributed by atoms with Gasteiger partial charge in [-0.15, -0.1) is 0 Å². The van der Waals surface area contributed by atoms with E-state index in [0.29, 0.717) is 16.7 Å². The highest BCUT2D eigenvalue weighted by atomic mass is 16.4. The van der Waals surface area contributed by atoms with E-state index in [9.17, 15) is 19.5 Å². The second-order valence-corrected chi connectivity index (χ2v) is 9.75. The number of fused-ring (bicyclic) bond motifs is 5. The van der Waals surface area contributed by atoms with Gasteiger partial charge in [-0.25, -0.2) is 9.59 Å². The zero-order valence-electron chi connectivity index (χ0n) is 20.3. The Morgan fingerprint density at radius 2 is 1.84 bits per heavy atom. The molecule has 0 fully saturated rings. The Kier molecular flexibility index (Phi) is 5.59. The fraction of sp³-hybridized carbons (Fsp3) is 0.276. The van der Waals surface area contributed by atoms with E-state index < -0.39 is 23.5 Å². The lowest BCUT2D eigenvalue weighted by molar-refractivity contribution is -0.141. The highest BCUT2D eigenvalue weighted by Crippen LogP contribution is 2.35. The van der Waals surface area contributed by atoms with Gasteiger partial charge in [0.05, 0.1) is 12.0 Å². The largest absolute Gasteiger partial charge is 0.480 e. The van der Waals surface area contributed by atoms with Gasteiger partial charge in [0.2, 0.25) is 5.91 Å². The number of aromatic amines is 1. The molecule has 1 atom stereocenters. The van der Waals surface area contributed by atoms with Gasteiger partial charge in [0.25, 0.3) is 0 Å². The summed E-state index contributed by atoms with van der Waals surface area (Å²) in [5, 5.41) is 15.0. The molecule has 0 bridgehead atoms. The van der Waals surface area contributed by atoms with Crippen molar-refractivity contribution in [3.63, 3.8) is 0 Å². The third kappa shape index (κ3) is 4.08. The Hall–Kier alpha value is -4.33. The van der Waals surface area contributed by atoms with E-state index in [-0.39, 0.29) is 18.4 Å². The number of furan rings is 1. The standard InChI is InChI=1S/C29H26N2O6/c1-15-19-11-21-18-7-3-5-9-24(18)36-26(21)13-25(19)37-29(35)20(15)12-27(32)31-23(28(33)34)10-16-14-30-22-8-4-2-6-17(16)22/h2,4,6,8,11,13-14,23,30H,3,5,7,9-10,12H2,1H3,(H,31,32)(H,33,34). The molecule has 1 amide bonds. The number of rotatable bonds is 6. The van der Waals surface area contributed by atoms with Gasteiger partial charge in [0, 0.05) is 52.3 Å². The highest BCUT2D eigenvalue weighted by Gasteiger charge is 2.25. The lowest BCUT2D eigenvalue weighted by Crippen LogP contribution is -2.43. The van der Waals surface area contributed by atoms with Crippen molar-refractivity contribution < 1.29 is 23.5 Å². The van der Waals surface area contributed by atoms with Crippen LogP contribution in [0.15, 0.2) is 56.2 Å². The highest BCUT2D eigenvalue weighted by molar-refractivity contribution is 5.97. The van der Waals surface area contributed by atoms with Crippen LogP contribution in [0.3, 0.4) is 0 Å². The first-order valence-electron chi connectivity index (χ1n) is 12.5. The summed E-state index contributed by atoms with van der Waals surface area (Å²) in [6.45, 7) is 1.79. The quantitative estimate of drug-likeness (QED) is 0.295. The van der Waals surface area contributed by atoms with Crippen molar-refractivity contribution in [1.29, 1.82) is 0 Å². The summed E-state index contributed by atoms with van der Waals surface area (Å²) in [6.07, 6.45) is 5.64. The predicted octanol–water partition coefficient (Wildman–Crippen LogP) is 4.56. The molecule has 0 spiro atoms. The van der Waals surface area contributed by atoms with Crippen molar-refractivity contribution in [2.75, 3.05) is 0 Å². The summed E-state index contributed by atoms with van der Waals surface area (Å²) in [4.78, 5) is 40.9. The number of para-hydroxylation sites is 1. The number of hydrogen-bond donors (Lipinski definition) is 3. The first-order valence-corrected chi connectivity index (χ1v) is 12.5. The number of aryl methyl sites for hydroxylation is 3. The Morgan fingerprint density at radius 3 is 2.68 bits per heavy atom. The van der Waals surface area contributed by atoms with Crippen LogP contribution in [-0.2, 0) is 35.3 Å². The average Bonchev–Trinajstić information content (AvgIpc) is 3.46. The van der Waals surface area contributed by atoms with Crippen LogP contribution in [0.5, 0.6) is 0 Å². The van der Waals surface area contributed by atoms with Gasteiger partial charge in [-0.1, -0.05) is 18.2 Å². The van der Waals surface area contributed by atoms with Gasteiger partial charge < -0.3 is 24.2 Å². The van der Waals surface area contributed by atoms with Crippen LogP contribution in [0.1, 0.15) is 40.9 Å². The molecule has 8 nitrogen and oxygen atoms in total. The van der Waals surface area contributed by atoms with E-state index in [1.54, 1.807) is 19.2 Å². The van der Waals surface area contributed by atoms with Crippen LogP contribution in [0, 0.1) is 6.92 Å². The summed E-state index contributed by atoms with van der Waals surface area (Å²) >= 11 is 0. The van der Waals surface area contributed by atoms with Gasteiger partial charge in [-0.05, 0) is 49.4 Å². The van der Waals surface area contributed by atoms with Gasteiger partial charge in [-0.2, -0.15) is 0 Å².